The van der Waals surface area contributed by atoms with Crippen LogP contribution in [0.1, 0.15) is 34.8 Å². The molecule has 1 amide bonds. The first-order valence-electron chi connectivity index (χ1n) is 11.5. The second-order valence-electron chi connectivity index (χ2n) is 8.83. The van der Waals surface area contributed by atoms with Gasteiger partial charge in [-0.15, -0.1) is 0 Å². The highest BCUT2D eigenvalue weighted by molar-refractivity contribution is 6.13. The van der Waals surface area contributed by atoms with Gasteiger partial charge in [0.05, 0.1) is 7.11 Å². The molecule has 0 radical (unpaired) electrons. The summed E-state index contributed by atoms with van der Waals surface area (Å²) in [7, 11) is 1.68. The molecule has 5 rings (SSSR count). The van der Waals surface area contributed by atoms with E-state index in [0.717, 1.165) is 46.4 Å². The summed E-state index contributed by atoms with van der Waals surface area (Å²) in [6.45, 7) is 2.10. The van der Waals surface area contributed by atoms with Crippen molar-refractivity contribution in [1.82, 2.24) is 0 Å². The average Bonchev–Trinajstić information content (AvgIpc) is 2.87. The predicted molar refractivity (Wildman–Crippen MR) is 138 cm³/mol. The number of fused-ring (bicyclic) bond motifs is 2. The van der Waals surface area contributed by atoms with Crippen LogP contribution in [0.4, 0.5) is 5.69 Å². The number of ether oxygens (including phenoxy) is 2. The Labute approximate surface area is 199 Å². The second kappa shape index (κ2) is 9.06. The molecule has 34 heavy (non-hydrogen) atoms. The minimum Gasteiger partial charge on any atom is -0.497 e. The van der Waals surface area contributed by atoms with E-state index in [4.69, 9.17) is 9.47 Å². The number of hydrogen-bond donors (Lipinski definition) is 1. The van der Waals surface area contributed by atoms with E-state index in [-0.39, 0.29) is 11.5 Å². The number of aryl methyl sites for hydroxylation is 1. The zero-order valence-electron chi connectivity index (χ0n) is 19.4. The number of hydrogen-bond acceptors (Lipinski definition) is 3. The van der Waals surface area contributed by atoms with Crippen LogP contribution in [0.25, 0.3) is 16.8 Å². The van der Waals surface area contributed by atoms with Gasteiger partial charge < -0.3 is 14.8 Å². The molecule has 4 nitrogen and oxygen atoms in total. The molecule has 0 aromatic heterocycles. The van der Waals surface area contributed by atoms with Crippen LogP contribution >= 0.6 is 0 Å². The third-order valence-electron chi connectivity index (χ3n) is 6.33. The van der Waals surface area contributed by atoms with Crippen molar-refractivity contribution in [3.05, 3.63) is 108 Å². The lowest BCUT2D eigenvalue weighted by Gasteiger charge is -2.32. The molecule has 0 spiro atoms. The number of rotatable bonds is 6. The standard InChI is InChI=1S/C30H27NO3/c1-30(18-16-21-10-13-25(33-2)14-11-21)19-17-23-20-24(12-15-28(23)34-30)31-29(32)27-9-5-7-22-6-3-4-8-26(22)27/h3-15,17,19-20H,16,18H2,1-2H3,(H,31,32). The number of carbonyl (C=O) groups is 1. The minimum atomic E-state index is -0.388. The van der Waals surface area contributed by atoms with Crippen molar-refractivity contribution in [1.29, 1.82) is 0 Å². The summed E-state index contributed by atoms with van der Waals surface area (Å²) in [6.07, 6.45) is 5.95. The monoisotopic (exact) mass is 449 g/mol. The number of nitrogens with one attached hydrogen (secondary N) is 1. The number of benzene rings is 4. The molecular formula is C30H27NO3. The van der Waals surface area contributed by atoms with Gasteiger partial charge in [-0.3, -0.25) is 4.79 Å². The van der Waals surface area contributed by atoms with Crippen LogP contribution in [0.15, 0.2) is 91.0 Å². The van der Waals surface area contributed by atoms with E-state index >= 15 is 0 Å². The Kier molecular flexibility index (Phi) is 5.81. The largest absolute Gasteiger partial charge is 0.497 e. The van der Waals surface area contributed by atoms with Crippen LogP contribution in [0.2, 0.25) is 0 Å². The van der Waals surface area contributed by atoms with Crippen molar-refractivity contribution in [2.45, 2.75) is 25.4 Å². The van der Waals surface area contributed by atoms with Crippen LogP contribution < -0.4 is 14.8 Å². The maximum Gasteiger partial charge on any atom is 0.256 e. The molecule has 1 unspecified atom stereocenters. The van der Waals surface area contributed by atoms with Gasteiger partial charge in [0, 0.05) is 16.8 Å². The quantitative estimate of drug-likeness (QED) is 0.348. The summed E-state index contributed by atoms with van der Waals surface area (Å²) in [5.41, 5.74) is 3.22. The van der Waals surface area contributed by atoms with Gasteiger partial charge in [0.15, 0.2) is 0 Å². The lowest BCUT2D eigenvalue weighted by molar-refractivity contribution is 0.102. The van der Waals surface area contributed by atoms with E-state index in [1.807, 2.05) is 72.8 Å². The Bertz CT molecular complexity index is 1370. The SMILES string of the molecule is COc1ccc(CCC2(C)C=Cc3cc(NC(=O)c4cccc5ccccc45)ccc3O2)cc1. The van der Waals surface area contributed by atoms with E-state index in [0.29, 0.717) is 5.56 Å². The van der Waals surface area contributed by atoms with Gasteiger partial charge in [0.1, 0.15) is 17.1 Å². The molecule has 170 valence electrons. The van der Waals surface area contributed by atoms with Gasteiger partial charge in [0.25, 0.3) is 5.91 Å². The van der Waals surface area contributed by atoms with Crippen LogP contribution in [-0.2, 0) is 6.42 Å². The molecular weight excluding hydrogens is 422 g/mol. The molecule has 4 aromatic carbocycles. The first kappa shape index (κ1) is 21.8. The number of amides is 1. The Morgan fingerprint density at radius 3 is 2.59 bits per heavy atom. The smallest absolute Gasteiger partial charge is 0.256 e. The molecule has 4 heteroatoms. The van der Waals surface area contributed by atoms with E-state index in [1.165, 1.54) is 5.56 Å². The lowest BCUT2D eigenvalue weighted by atomic mass is 9.93. The first-order valence-corrected chi connectivity index (χ1v) is 11.5. The van der Waals surface area contributed by atoms with Crippen molar-refractivity contribution in [2.75, 3.05) is 12.4 Å². The van der Waals surface area contributed by atoms with Crippen LogP contribution in [0.5, 0.6) is 11.5 Å². The molecule has 1 N–H and O–H groups in total. The number of methoxy groups -OCH3 is 1. The molecule has 1 aliphatic heterocycles. The molecule has 0 aliphatic carbocycles. The van der Waals surface area contributed by atoms with Gasteiger partial charge in [0.2, 0.25) is 0 Å². The van der Waals surface area contributed by atoms with Crippen molar-refractivity contribution >= 4 is 28.4 Å². The summed E-state index contributed by atoms with van der Waals surface area (Å²) < 4.78 is 11.6. The molecule has 1 aliphatic rings. The van der Waals surface area contributed by atoms with E-state index in [2.05, 4.69) is 36.5 Å². The van der Waals surface area contributed by atoms with Crippen molar-refractivity contribution in [3.8, 4) is 11.5 Å². The third-order valence-corrected chi connectivity index (χ3v) is 6.33. The fraction of sp³-hybridized carbons (Fsp3) is 0.167. The molecule has 0 fully saturated rings. The zero-order valence-corrected chi connectivity index (χ0v) is 19.4. The fourth-order valence-electron chi connectivity index (χ4n) is 4.34. The molecule has 4 aromatic rings. The van der Waals surface area contributed by atoms with Gasteiger partial charge in [-0.05, 0) is 78.6 Å². The Morgan fingerprint density at radius 2 is 1.76 bits per heavy atom. The third kappa shape index (κ3) is 4.53. The Morgan fingerprint density at radius 1 is 0.971 bits per heavy atom. The van der Waals surface area contributed by atoms with Crippen LogP contribution in [-0.4, -0.2) is 18.6 Å². The molecule has 0 saturated carbocycles. The van der Waals surface area contributed by atoms with Crippen molar-refractivity contribution < 1.29 is 14.3 Å². The maximum absolute atomic E-state index is 13.0. The highest BCUT2D eigenvalue weighted by Gasteiger charge is 2.27. The van der Waals surface area contributed by atoms with Crippen LogP contribution in [0.3, 0.4) is 0 Å². The Hall–Kier alpha value is -4.05. The normalized spacial score (nSPS) is 16.5. The molecule has 1 heterocycles. The molecule has 0 bridgehead atoms. The van der Waals surface area contributed by atoms with E-state index < -0.39 is 0 Å². The van der Waals surface area contributed by atoms with E-state index in [1.54, 1.807) is 7.11 Å². The molecule has 1 atom stereocenters. The van der Waals surface area contributed by atoms with Gasteiger partial charge >= 0.3 is 0 Å². The van der Waals surface area contributed by atoms with Crippen molar-refractivity contribution in [3.63, 3.8) is 0 Å². The fourth-order valence-corrected chi connectivity index (χ4v) is 4.34. The molecule has 0 saturated heterocycles. The highest BCUT2D eigenvalue weighted by atomic mass is 16.5. The topological polar surface area (TPSA) is 47.6 Å². The Balaban J connectivity index is 1.28. The van der Waals surface area contributed by atoms with Gasteiger partial charge in [-0.25, -0.2) is 0 Å². The summed E-state index contributed by atoms with van der Waals surface area (Å²) >= 11 is 0. The second-order valence-corrected chi connectivity index (χ2v) is 8.83. The van der Waals surface area contributed by atoms with Gasteiger partial charge in [-0.2, -0.15) is 0 Å². The first-order chi connectivity index (χ1) is 16.5. The summed E-state index contributed by atoms with van der Waals surface area (Å²) in [4.78, 5) is 13.0. The van der Waals surface area contributed by atoms with Crippen LogP contribution in [0, 0.1) is 0 Å². The predicted octanol–water partition coefficient (Wildman–Crippen LogP) is 6.90. The number of carbonyl (C=O) groups excluding carboxylic acids is 1. The lowest BCUT2D eigenvalue weighted by Crippen LogP contribution is -2.32. The zero-order chi connectivity index (χ0) is 23.5. The summed E-state index contributed by atoms with van der Waals surface area (Å²) in [5, 5.41) is 5.03. The van der Waals surface area contributed by atoms with Gasteiger partial charge in [-0.1, -0.05) is 54.6 Å². The maximum atomic E-state index is 13.0. The highest BCUT2D eigenvalue weighted by Crippen LogP contribution is 2.35. The average molecular weight is 450 g/mol. The minimum absolute atomic E-state index is 0.123. The number of anilines is 1. The van der Waals surface area contributed by atoms with Crippen molar-refractivity contribution in [2.24, 2.45) is 0 Å². The van der Waals surface area contributed by atoms with E-state index in [9.17, 15) is 4.79 Å². The summed E-state index contributed by atoms with van der Waals surface area (Å²) in [6, 6.07) is 27.6. The summed E-state index contributed by atoms with van der Waals surface area (Å²) in [5.74, 6) is 1.56.